The van der Waals surface area contributed by atoms with E-state index < -0.39 is 17.5 Å². The summed E-state index contributed by atoms with van der Waals surface area (Å²) in [4.78, 5) is 36.4. The zero-order valence-electron chi connectivity index (χ0n) is 19.1. The minimum atomic E-state index is -0.844. The first-order valence-electron chi connectivity index (χ1n) is 12.1. The minimum Gasteiger partial charge on any atom is -0.481 e. The van der Waals surface area contributed by atoms with E-state index in [9.17, 15) is 19.5 Å². The molecule has 2 aromatic rings. The number of ether oxygens (including phenoxy) is 1. The van der Waals surface area contributed by atoms with E-state index in [0.717, 1.165) is 19.3 Å². The van der Waals surface area contributed by atoms with Crippen molar-refractivity contribution in [3.8, 4) is 11.1 Å². The van der Waals surface area contributed by atoms with Crippen molar-refractivity contribution in [2.45, 2.75) is 50.5 Å². The third kappa shape index (κ3) is 4.39. The van der Waals surface area contributed by atoms with Crippen LogP contribution >= 0.6 is 0 Å². The molecule has 3 aliphatic rings. The number of carbonyl (C=O) groups is 3. The fourth-order valence-electron chi connectivity index (χ4n) is 5.46. The molecule has 2 saturated carbocycles. The van der Waals surface area contributed by atoms with Gasteiger partial charge >= 0.3 is 12.1 Å². The second-order valence-corrected chi connectivity index (χ2v) is 9.83. The Morgan fingerprint density at radius 2 is 1.62 bits per heavy atom. The lowest BCUT2D eigenvalue weighted by Gasteiger charge is -2.22. The molecule has 0 radical (unpaired) electrons. The molecular weight excluding hydrogens is 432 g/mol. The molecule has 2 amide bonds. The topological polar surface area (TPSA) is 105 Å². The van der Waals surface area contributed by atoms with Crippen LogP contribution in [0, 0.1) is 11.3 Å². The van der Waals surface area contributed by atoms with Crippen LogP contribution in [0.3, 0.4) is 0 Å². The Morgan fingerprint density at radius 1 is 0.971 bits per heavy atom. The fourth-order valence-corrected chi connectivity index (χ4v) is 5.46. The van der Waals surface area contributed by atoms with E-state index in [0.29, 0.717) is 12.8 Å². The molecule has 5 rings (SSSR count). The maximum atomic E-state index is 12.7. The van der Waals surface area contributed by atoms with Gasteiger partial charge in [-0.05, 0) is 53.9 Å². The Balaban J connectivity index is 1.14. The first kappa shape index (κ1) is 22.4. The second kappa shape index (κ2) is 9.12. The van der Waals surface area contributed by atoms with Crippen molar-refractivity contribution in [3.05, 3.63) is 59.7 Å². The van der Waals surface area contributed by atoms with Gasteiger partial charge in [0.25, 0.3) is 0 Å². The number of alkyl carbamates (subject to hydrolysis) is 1. The Kier molecular flexibility index (Phi) is 6.02. The van der Waals surface area contributed by atoms with Crippen LogP contribution in [0.25, 0.3) is 11.1 Å². The number of carboxylic acid groups (broad SMARTS) is 1. The third-order valence-corrected chi connectivity index (χ3v) is 7.68. The molecule has 7 heteroatoms. The molecule has 0 heterocycles. The molecule has 2 fully saturated rings. The average molecular weight is 463 g/mol. The predicted molar refractivity (Wildman–Crippen MR) is 126 cm³/mol. The smallest absolute Gasteiger partial charge is 0.407 e. The molecule has 0 aromatic heterocycles. The average Bonchev–Trinajstić information content (AvgIpc) is 3.43. The molecule has 0 spiro atoms. The molecule has 0 aliphatic heterocycles. The van der Waals surface area contributed by atoms with E-state index in [1.165, 1.54) is 22.3 Å². The molecular formula is C27H30N2O5. The van der Waals surface area contributed by atoms with Crippen molar-refractivity contribution < 1.29 is 24.2 Å². The number of benzene rings is 2. The molecule has 178 valence electrons. The second-order valence-electron chi connectivity index (χ2n) is 9.83. The summed E-state index contributed by atoms with van der Waals surface area (Å²) in [5.74, 6) is -0.963. The Labute approximate surface area is 198 Å². The first-order chi connectivity index (χ1) is 16.5. The van der Waals surface area contributed by atoms with E-state index in [2.05, 4.69) is 34.9 Å². The third-order valence-electron chi connectivity index (χ3n) is 7.68. The summed E-state index contributed by atoms with van der Waals surface area (Å²) in [6.45, 7) is 0.438. The van der Waals surface area contributed by atoms with E-state index in [4.69, 9.17) is 4.74 Å². The maximum Gasteiger partial charge on any atom is 0.407 e. The standard InChI is InChI=1S/C27H30N2O5/c30-24(28-16-27(12-13-27)25(31)32)14-17-6-5-11-23(17)29-26(33)34-15-22-20-9-3-1-7-18(20)19-8-2-4-10-21(19)22/h1-4,7-10,17,22-23H,5-6,11-16H2,(H,28,30)(H,29,33)(H,31,32). The molecule has 3 N–H and O–H groups in total. The van der Waals surface area contributed by atoms with Crippen LogP contribution in [0.2, 0.25) is 0 Å². The largest absolute Gasteiger partial charge is 0.481 e. The van der Waals surface area contributed by atoms with Gasteiger partial charge in [-0.15, -0.1) is 0 Å². The quantitative estimate of drug-likeness (QED) is 0.549. The van der Waals surface area contributed by atoms with Gasteiger partial charge in [-0.25, -0.2) is 4.79 Å². The van der Waals surface area contributed by atoms with Crippen LogP contribution in [-0.2, 0) is 14.3 Å². The lowest BCUT2D eigenvalue weighted by Crippen LogP contribution is -2.41. The fraction of sp³-hybridized carbons (Fsp3) is 0.444. The van der Waals surface area contributed by atoms with E-state index >= 15 is 0 Å². The number of amides is 2. The van der Waals surface area contributed by atoms with Gasteiger partial charge in [-0.3, -0.25) is 9.59 Å². The van der Waals surface area contributed by atoms with Crippen molar-refractivity contribution in [2.75, 3.05) is 13.2 Å². The number of nitrogens with one attached hydrogen (secondary N) is 2. The monoisotopic (exact) mass is 462 g/mol. The van der Waals surface area contributed by atoms with Crippen LogP contribution in [0.5, 0.6) is 0 Å². The molecule has 2 aromatic carbocycles. The van der Waals surface area contributed by atoms with Gasteiger partial charge < -0.3 is 20.5 Å². The van der Waals surface area contributed by atoms with Crippen LogP contribution in [0.1, 0.15) is 55.6 Å². The molecule has 34 heavy (non-hydrogen) atoms. The van der Waals surface area contributed by atoms with Crippen LogP contribution in [0.4, 0.5) is 4.79 Å². The highest BCUT2D eigenvalue weighted by Gasteiger charge is 2.50. The van der Waals surface area contributed by atoms with Gasteiger partial charge in [-0.1, -0.05) is 55.0 Å². The van der Waals surface area contributed by atoms with Crippen LogP contribution < -0.4 is 10.6 Å². The van der Waals surface area contributed by atoms with Crippen molar-refractivity contribution in [1.82, 2.24) is 10.6 Å². The number of rotatable bonds is 8. The summed E-state index contributed by atoms with van der Waals surface area (Å²) < 4.78 is 5.67. The maximum absolute atomic E-state index is 12.7. The van der Waals surface area contributed by atoms with E-state index in [1.807, 2.05) is 24.3 Å². The van der Waals surface area contributed by atoms with Gasteiger partial charge in [0.2, 0.25) is 5.91 Å². The number of hydrogen-bond acceptors (Lipinski definition) is 4. The van der Waals surface area contributed by atoms with Crippen molar-refractivity contribution in [1.29, 1.82) is 0 Å². The van der Waals surface area contributed by atoms with Crippen molar-refractivity contribution >= 4 is 18.0 Å². The SMILES string of the molecule is O=C(CC1CCCC1NC(=O)OCC1c2ccccc2-c2ccccc21)NCC1(C(=O)O)CC1. The first-order valence-corrected chi connectivity index (χ1v) is 12.1. The van der Waals surface area contributed by atoms with Crippen LogP contribution in [0.15, 0.2) is 48.5 Å². The van der Waals surface area contributed by atoms with Gasteiger partial charge in [0.15, 0.2) is 0 Å². The highest BCUT2D eigenvalue weighted by Crippen LogP contribution is 2.45. The summed E-state index contributed by atoms with van der Waals surface area (Å²) in [5.41, 5.74) is 3.93. The summed E-state index contributed by atoms with van der Waals surface area (Å²) >= 11 is 0. The molecule has 2 atom stereocenters. The Morgan fingerprint density at radius 3 is 2.24 bits per heavy atom. The number of carbonyl (C=O) groups excluding carboxylic acids is 2. The summed E-state index contributed by atoms with van der Waals surface area (Å²) in [6, 6.07) is 16.3. The van der Waals surface area contributed by atoms with Gasteiger partial charge in [0.1, 0.15) is 6.61 Å². The Bertz CT molecular complexity index is 1060. The van der Waals surface area contributed by atoms with E-state index in [1.54, 1.807) is 0 Å². The predicted octanol–water partition coefficient (Wildman–Crippen LogP) is 4.06. The summed E-state index contributed by atoms with van der Waals surface area (Å²) in [7, 11) is 0. The zero-order chi connectivity index (χ0) is 23.7. The molecule has 2 unspecified atom stereocenters. The Hall–Kier alpha value is -3.35. The van der Waals surface area contributed by atoms with Crippen LogP contribution in [-0.4, -0.2) is 42.3 Å². The van der Waals surface area contributed by atoms with Gasteiger partial charge in [0.05, 0.1) is 5.41 Å². The number of aliphatic carboxylic acids is 1. The minimum absolute atomic E-state index is 0.00674. The van der Waals surface area contributed by atoms with Crippen molar-refractivity contribution in [3.63, 3.8) is 0 Å². The highest BCUT2D eigenvalue weighted by molar-refractivity contribution is 5.81. The molecule has 3 aliphatic carbocycles. The van der Waals surface area contributed by atoms with E-state index in [-0.39, 0.29) is 43.4 Å². The lowest BCUT2D eigenvalue weighted by atomic mass is 9.98. The summed E-state index contributed by atoms with van der Waals surface area (Å²) in [5, 5.41) is 15.0. The molecule has 0 bridgehead atoms. The number of hydrogen-bond donors (Lipinski definition) is 3. The molecule has 7 nitrogen and oxygen atoms in total. The van der Waals surface area contributed by atoms with Crippen molar-refractivity contribution in [2.24, 2.45) is 11.3 Å². The lowest BCUT2D eigenvalue weighted by molar-refractivity contribution is -0.143. The molecule has 0 saturated heterocycles. The number of carboxylic acids is 1. The number of fused-ring (bicyclic) bond motifs is 3. The van der Waals surface area contributed by atoms with Gasteiger partial charge in [0, 0.05) is 24.9 Å². The highest BCUT2D eigenvalue weighted by atomic mass is 16.5. The zero-order valence-corrected chi connectivity index (χ0v) is 19.1. The summed E-state index contributed by atoms with van der Waals surface area (Å²) in [6.07, 6.45) is 3.64. The normalized spacial score (nSPS) is 21.9. The van der Waals surface area contributed by atoms with Gasteiger partial charge in [-0.2, -0.15) is 0 Å².